The first-order valence-corrected chi connectivity index (χ1v) is 11.6. The van der Waals surface area contributed by atoms with E-state index in [1.807, 2.05) is 24.3 Å². The van der Waals surface area contributed by atoms with Crippen LogP contribution in [0, 0.1) is 5.92 Å². The highest BCUT2D eigenvalue weighted by molar-refractivity contribution is 7.77. The molecule has 1 aliphatic rings. The molecule has 4 rings (SSSR count). The molecule has 0 aliphatic carbocycles. The van der Waals surface area contributed by atoms with E-state index in [2.05, 4.69) is 14.6 Å². The lowest BCUT2D eigenvalue weighted by Crippen LogP contribution is -2.35. The number of nitrogens with zero attached hydrogens (tertiary/aromatic N) is 4. The molecule has 0 bridgehead atoms. The number of methoxy groups -OCH3 is 2. The molecule has 0 amide bonds. The SMILES string of the molecule is COc1cc2nc(-c3cccnc3)nc(N3CCC(CCNS(=O)[O-])CC3)c2cc1OC. The Bertz CT molecular complexity index is 1090. The predicted molar refractivity (Wildman–Crippen MR) is 122 cm³/mol. The van der Waals surface area contributed by atoms with Crippen LogP contribution in [0.15, 0.2) is 36.7 Å². The lowest BCUT2D eigenvalue weighted by Gasteiger charge is -2.33. The number of benzene rings is 1. The molecule has 1 saturated heterocycles. The number of aromatic nitrogens is 3. The highest BCUT2D eigenvalue weighted by atomic mass is 32.2. The summed E-state index contributed by atoms with van der Waals surface area (Å²) in [4.78, 5) is 16.2. The number of anilines is 1. The highest BCUT2D eigenvalue weighted by Gasteiger charge is 2.23. The molecule has 1 N–H and O–H groups in total. The van der Waals surface area contributed by atoms with Gasteiger partial charge in [0.15, 0.2) is 17.3 Å². The molecule has 1 atom stereocenters. The fourth-order valence-electron chi connectivity index (χ4n) is 4.08. The second-order valence-corrected chi connectivity index (χ2v) is 8.44. The van der Waals surface area contributed by atoms with E-state index in [0.29, 0.717) is 29.8 Å². The monoisotopic (exact) mass is 456 g/mol. The van der Waals surface area contributed by atoms with Crippen LogP contribution in [-0.4, -0.2) is 57.6 Å². The molecule has 0 radical (unpaired) electrons. The third kappa shape index (κ3) is 4.98. The van der Waals surface area contributed by atoms with E-state index < -0.39 is 11.3 Å². The van der Waals surface area contributed by atoms with E-state index in [-0.39, 0.29) is 0 Å². The summed E-state index contributed by atoms with van der Waals surface area (Å²) < 4.78 is 34.8. The van der Waals surface area contributed by atoms with E-state index in [1.165, 1.54) is 0 Å². The van der Waals surface area contributed by atoms with E-state index in [0.717, 1.165) is 54.6 Å². The van der Waals surface area contributed by atoms with Crippen molar-refractivity contribution in [1.82, 2.24) is 19.7 Å². The van der Waals surface area contributed by atoms with Gasteiger partial charge in [0.05, 0.1) is 19.7 Å². The first-order valence-electron chi connectivity index (χ1n) is 10.5. The zero-order chi connectivity index (χ0) is 22.5. The average Bonchev–Trinajstić information content (AvgIpc) is 2.83. The Morgan fingerprint density at radius 3 is 2.59 bits per heavy atom. The molecule has 170 valence electrons. The maximum absolute atomic E-state index is 10.7. The smallest absolute Gasteiger partial charge is 0.163 e. The van der Waals surface area contributed by atoms with Gasteiger partial charge in [0, 0.05) is 60.3 Å². The van der Waals surface area contributed by atoms with Gasteiger partial charge >= 0.3 is 0 Å². The van der Waals surface area contributed by atoms with Crippen LogP contribution in [0.25, 0.3) is 22.3 Å². The Morgan fingerprint density at radius 2 is 1.94 bits per heavy atom. The van der Waals surface area contributed by atoms with Gasteiger partial charge < -0.3 is 18.9 Å². The van der Waals surface area contributed by atoms with Gasteiger partial charge in [-0.05, 0) is 43.4 Å². The fourth-order valence-corrected chi connectivity index (χ4v) is 4.37. The van der Waals surface area contributed by atoms with Crippen LogP contribution in [0.4, 0.5) is 5.82 Å². The summed E-state index contributed by atoms with van der Waals surface area (Å²) in [6.45, 7) is 2.13. The van der Waals surface area contributed by atoms with Crippen molar-refractivity contribution < 1.29 is 18.2 Å². The summed E-state index contributed by atoms with van der Waals surface area (Å²) in [5, 5.41) is 0.900. The molecule has 0 saturated carbocycles. The van der Waals surface area contributed by atoms with Gasteiger partial charge in [0.25, 0.3) is 0 Å². The van der Waals surface area contributed by atoms with Crippen molar-refractivity contribution in [2.24, 2.45) is 5.92 Å². The second-order valence-electron chi connectivity index (χ2n) is 7.69. The lowest BCUT2D eigenvalue weighted by molar-refractivity contribution is 0.355. The Balaban J connectivity index is 1.67. The van der Waals surface area contributed by atoms with Crippen LogP contribution in [0.3, 0.4) is 0 Å². The van der Waals surface area contributed by atoms with E-state index in [1.54, 1.807) is 26.6 Å². The molecule has 2 aromatic heterocycles. The van der Waals surface area contributed by atoms with Gasteiger partial charge in [-0.1, -0.05) is 0 Å². The number of hydrogen-bond acceptors (Lipinski definition) is 8. The maximum atomic E-state index is 10.7. The molecule has 1 unspecified atom stereocenters. The zero-order valence-corrected chi connectivity index (χ0v) is 18.9. The molecule has 3 heterocycles. The van der Waals surface area contributed by atoms with Crippen LogP contribution >= 0.6 is 0 Å². The van der Waals surface area contributed by atoms with Crippen LogP contribution in [0.2, 0.25) is 0 Å². The number of hydrogen-bond donors (Lipinski definition) is 1. The average molecular weight is 457 g/mol. The van der Waals surface area contributed by atoms with E-state index in [9.17, 15) is 8.76 Å². The minimum atomic E-state index is -2.20. The number of ether oxygens (including phenoxy) is 2. The molecular formula is C22H26N5O4S-. The van der Waals surface area contributed by atoms with Crippen LogP contribution in [-0.2, 0) is 11.3 Å². The summed E-state index contributed by atoms with van der Waals surface area (Å²) in [7, 11) is 3.22. The minimum absolute atomic E-state index is 0.472. The lowest BCUT2D eigenvalue weighted by atomic mass is 9.93. The fraction of sp³-hybridized carbons (Fsp3) is 0.409. The van der Waals surface area contributed by atoms with Crippen LogP contribution in [0.5, 0.6) is 11.5 Å². The second kappa shape index (κ2) is 10.2. The van der Waals surface area contributed by atoms with Crippen molar-refractivity contribution in [2.45, 2.75) is 19.3 Å². The maximum Gasteiger partial charge on any atom is 0.163 e. The normalized spacial score (nSPS) is 15.7. The summed E-state index contributed by atoms with van der Waals surface area (Å²) in [5.41, 5.74) is 1.62. The number of fused-ring (bicyclic) bond motifs is 1. The number of nitrogens with one attached hydrogen (secondary N) is 1. The minimum Gasteiger partial charge on any atom is -0.760 e. The highest BCUT2D eigenvalue weighted by Crippen LogP contribution is 2.37. The molecule has 32 heavy (non-hydrogen) atoms. The van der Waals surface area contributed by atoms with Gasteiger partial charge in [-0.25, -0.2) is 14.7 Å². The zero-order valence-electron chi connectivity index (χ0n) is 18.1. The molecule has 3 aromatic rings. The van der Waals surface area contributed by atoms with Crippen molar-refractivity contribution in [3.63, 3.8) is 0 Å². The molecule has 0 spiro atoms. The predicted octanol–water partition coefficient (Wildman–Crippen LogP) is 2.70. The van der Waals surface area contributed by atoms with Crippen molar-refractivity contribution in [3.8, 4) is 22.9 Å². The molecule has 1 aliphatic heterocycles. The molecule has 10 heteroatoms. The number of pyridine rings is 1. The molecular weight excluding hydrogens is 430 g/mol. The quantitative estimate of drug-likeness (QED) is 0.515. The first kappa shape index (κ1) is 22.4. The number of rotatable bonds is 8. The van der Waals surface area contributed by atoms with E-state index >= 15 is 0 Å². The Morgan fingerprint density at radius 1 is 1.19 bits per heavy atom. The summed E-state index contributed by atoms with van der Waals surface area (Å²) in [6.07, 6.45) is 6.24. The Kier molecular flexibility index (Phi) is 7.13. The summed E-state index contributed by atoms with van der Waals surface area (Å²) >= 11 is -2.20. The summed E-state index contributed by atoms with van der Waals surface area (Å²) in [5.74, 6) is 3.18. The molecule has 9 nitrogen and oxygen atoms in total. The van der Waals surface area contributed by atoms with E-state index in [4.69, 9.17) is 19.4 Å². The van der Waals surface area contributed by atoms with Crippen LogP contribution in [0.1, 0.15) is 19.3 Å². The standard InChI is InChI=1S/C22H27N5O4S/c1-30-19-12-17-18(13-20(19)31-2)25-21(16-4-3-8-23-14-16)26-22(17)27-10-6-15(7-11-27)5-9-24-32(28)29/h3-4,8,12-15,24H,5-7,9-11H2,1-2H3,(H,28,29)/p-1. The Labute approximate surface area is 189 Å². The van der Waals surface area contributed by atoms with Crippen LogP contribution < -0.4 is 19.1 Å². The number of piperidine rings is 1. The van der Waals surface area contributed by atoms with Gasteiger partial charge in [0.1, 0.15) is 5.82 Å². The van der Waals surface area contributed by atoms with Crippen molar-refractivity contribution in [3.05, 3.63) is 36.7 Å². The van der Waals surface area contributed by atoms with Gasteiger partial charge in [0.2, 0.25) is 0 Å². The van der Waals surface area contributed by atoms with Gasteiger partial charge in [-0.15, -0.1) is 0 Å². The van der Waals surface area contributed by atoms with Crippen molar-refractivity contribution in [1.29, 1.82) is 0 Å². The van der Waals surface area contributed by atoms with Gasteiger partial charge in [-0.2, -0.15) is 0 Å². The largest absolute Gasteiger partial charge is 0.760 e. The summed E-state index contributed by atoms with van der Waals surface area (Å²) in [6, 6.07) is 7.61. The third-order valence-corrected chi connectivity index (χ3v) is 6.23. The first-order chi connectivity index (χ1) is 15.6. The third-order valence-electron chi connectivity index (χ3n) is 5.79. The van der Waals surface area contributed by atoms with Crippen molar-refractivity contribution >= 4 is 28.0 Å². The van der Waals surface area contributed by atoms with Crippen molar-refractivity contribution in [2.75, 3.05) is 38.8 Å². The molecule has 1 aromatic carbocycles. The van der Waals surface area contributed by atoms with Gasteiger partial charge in [-0.3, -0.25) is 9.19 Å². The topological polar surface area (TPSA) is 113 Å². The molecule has 1 fully saturated rings. The Hall–Kier alpha value is -2.82.